The van der Waals surface area contributed by atoms with E-state index >= 15 is 0 Å². The first-order valence-electron chi connectivity index (χ1n) is 11.6. The summed E-state index contributed by atoms with van der Waals surface area (Å²) in [6.07, 6.45) is 0.219. The lowest BCUT2D eigenvalue weighted by Gasteiger charge is -2.19. The van der Waals surface area contributed by atoms with Crippen LogP contribution in [0.5, 0.6) is 0 Å². The molecule has 182 valence electrons. The number of benzene rings is 2. The Morgan fingerprint density at radius 1 is 1.00 bits per heavy atom. The van der Waals surface area contributed by atoms with Crippen molar-refractivity contribution < 1.29 is 24.2 Å². The number of carbonyl (C=O) groups is 3. The molecule has 8 heteroatoms. The summed E-state index contributed by atoms with van der Waals surface area (Å²) in [6.45, 7) is 2.40. The maximum absolute atomic E-state index is 12.5. The highest BCUT2D eigenvalue weighted by Gasteiger charge is 2.29. The van der Waals surface area contributed by atoms with Gasteiger partial charge in [-0.2, -0.15) is 0 Å². The summed E-state index contributed by atoms with van der Waals surface area (Å²) in [5.41, 5.74) is 4.61. The molecule has 3 N–H and O–H groups in total. The molecular weight excluding hydrogens is 464 g/mol. The highest BCUT2D eigenvalue weighted by atomic mass is 32.1. The van der Waals surface area contributed by atoms with Gasteiger partial charge in [-0.1, -0.05) is 67.9 Å². The molecule has 2 unspecified atom stereocenters. The number of carboxylic acid groups (broad SMARTS) is 1. The number of carbonyl (C=O) groups excluding carboxylic acids is 2. The van der Waals surface area contributed by atoms with Crippen LogP contribution in [-0.4, -0.2) is 36.2 Å². The number of hydrogen-bond donors (Lipinski definition) is 3. The number of carboxylic acids is 1. The molecule has 2 atom stereocenters. The Labute approximate surface area is 208 Å². The van der Waals surface area contributed by atoms with Crippen molar-refractivity contribution in [2.45, 2.75) is 31.7 Å². The van der Waals surface area contributed by atoms with E-state index in [-0.39, 0.29) is 37.3 Å². The molecule has 0 spiro atoms. The van der Waals surface area contributed by atoms with E-state index in [2.05, 4.69) is 34.9 Å². The second-order valence-electron chi connectivity index (χ2n) is 8.54. The Hall–Kier alpha value is -3.65. The third-order valence-electron chi connectivity index (χ3n) is 6.31. The molecule has 2 amide bonds. The van der Waals surface area contributed by atoms with Gasteiger partial charge >= 0.3 is 12.1 Å². The van der Waals surface area contributed by atoms with Crippen molar-refractivity contribution in [1.29, 1.82) is 0 Å². The van der Waals surface area contributed by atoms with Gasteiger partial charge in [0.15, 0.2) is 6.04 Å². The predicted molar refractivity (Wildman–Crippen MR) is 134 cm³/mol. The number of alkyl carbamates (subject to hydrolysis) is 1. The van der Waals surface area contributed by atoms with Crippen LogP contribution in [0, 0.1) is 5.92 Å². The zero-order valence-corrected chi connectivity index (χ0v) is 20.2. The molecule has 1 heterocycles. The minimum Gasteiger partial charge on any atom is -0.479 e. The van der Waals surface area contributed by atoms with E-state index in [1.807, 2.05) is 31.2 Å². The summed E-state index contributed by atoms with van der Waals surface area (Å²) in [7, 11) is 0. The maximum Gasteiger partial charge on any atom is 0.407 e. The van der Waals surface area contributed by atoms with Gasteiger partial charge in [0, 0.05) is 23.8 Å². The van der Waals surface area contributed by atoms with E-state index in [1.165, 1.54) is 11.3 Å². The molecule has 1 aliphatic rings. The number of ether oxygens (including phenoxy) is 1. The Bertz CT molecular complexity index is 1150. The average Bonchev–Trinajstić information content (AvgIpc) is 3.50. The fourth-order valence-corrected chi connectivity index (χ4v) is 5.20. The van der Waals surface area contributed by atoms with Gasteiger partial charge in [0.05, 0.1) is 0 Å². The van der Waals surface area contributed by atoms with Gasteiger partial charge in [0.1, 0.15) is 6.61 Å². The Kier molecular flexibility index (Phi) is 7.82. The fraction of sp³-hybridized carbons (Fsp3) is 0.296. The number of aliphatic carboxylic acids is 1. The van der Waals surface area contributed by atoms with E-state index in [1.54, 1.807) is 17.5 Å². The van der Waals surface area contributed by atoms with Crippen molar-refractivity contribution >= 4 is 29.3 Å². The second-order valence-corrected chi connectivity index (χ2v) is 9.52. The molecule has 0 saturated carbocycles. The van der Waals surface area contributed by atoms with Crippen molar-refractivity contribution in [2.75, 3.05) is 13.2 Å². The smallest absolute Gasteiger partial charge is 0.407 e. The standard InChI is InChI=1S/C27H28N2O5S/c1-2-17(14-24(30)29-25(26(31)32)23-12-7-13-35-23)15-28-27(33)34-16-22-20-10-5-3-8-18(20)19-9-4-6-11-21(19)22/h3-13,17,22,25H,2,14-16H2,1H3,(H,28,33)(H,29,30)(H,31,32). The summed E-state index contributed by atoms with van der Waals surface area (Å²) in [5.74, 6) is -1.64. The molecule has 1 aromatic heterocycles. The van der Waals surface area contributed by atoms with Gasteiger partial charge < -0.3 is 20.5 Å². The van der Waals surface area contributed by atoms with Crippen molar-refractivity contribution in [3.05, 3.63) is 82.0 Å². The van der Waals surface area contributed by atoms with E-state index in [0.29, 0.717) is 11.3 Å². The second kappa shape index (κ2) is 11.2. The lowest BCUT2D eigenvalue weighted by Crippen LogP contribution is -2.37. The molecule has 7 nitrogen and oxygen atoms in total. The number of rotatable bonds is 10. The highest BCUT2D eigenvalue weighted by Crippen LogP contribution is 2.44. The Morgan fingerprint density at radius 3 is 2.23 bits per heavy atom. The number of thiophene rings is 1. The van der Waals surface area contributed by atoms with E-state index in [4.69, 9.17) is 4.74 Å². The Balaban J connectivity index is 1.28. The van der Waals surface area contributed by atoms with Gasteiger partial charge in [-0.3, -0.25) is 4.79 Å². The minimum atomic E-state index is -1.11. The number of amides is 2. The molecule has 0 fully saturated rings. The molecule has 0 saturated heterocycles. The molecular formula is C27H28N2O5S. The zero-order valence-electron chi connectivity index (χ0n) is 19.4. The summed E-state index contributed by atoms with van der Waals surface area (Å²) in [4.78, 5) is 37.1. The largest absolute Gasteiger partial charge is 0.479 e. The molecule has 35 heavy (non-hydrogen) atoms. The predicted octanol–water partition coefficient (Wildman–Crippen LogP) is 4.95. The van der Waals surface area contributed by atoms with Crippen molar-refractivity contribution in [3.63, 3.8) is 0 Å². The van der Waals surface area contributed by atoms with Crippen molar-refractivity contribution in [3.8, 4) is 11.1 Å². The lowest BCUT2D eigenvalue weighted by atomic mass is 9.98. The van der Waals surface area contributed by atoms with Gasteiger partial charge in [0.2, 0.25) is 5.91 Å². The van der Waals surface area contributed by atoms with Crippen LogP contribution in [0.3, 0.4) is 0 Å². The van der Waals surface area contributed by atoms with Crippen LogP contribution >= 0.6 is 11.3 Å². The lowest BCUT2D eigenvalue weighted by molar-refractivity contribution is -0.142. The molecule has 1 aliphatic carbocycles. The molecule has 0 bridgehead atoms. The van der Waals surface area contributed by atoms with Crippen LogP contribution in [0.1, 0.15) is 47.7 Å². The zero-order chi connectivity index (χ0) is 24.8. The quantitative estimate of drug-likeness (QED) is 0.372. The van der Waals surface area contributed by atoms with E-state index < -0.39 is 18.1 Å². The topological polar surface area (TPSA) is 105 Å². The highest BCUT2D eigenvalue weighted by molar-refractivity contribution is 7.10. The third-order valence-corrected chi connectivity index (χ3v) is 7.25. The van der Waals surface area contributed by atoms with Gasteiger partial charge in [-0.05, 0) is 39.6 Å². The molecule has 2 aromatic carbocycles. The van der Waals surface area contributed by atoms with Crippen LogP contribution in [0.15, 0.2) is 66.0 Å². The van der Waals surface area contributed by atoms with Crippen LogP contribution in [-0.2, 0) is 14.3 Å². The number of fused-ring (bicyclic) bond motifs is 3. The summed E-state index contributed by atoms with van der Waals surface area (Å²) in [5, 5.41) is 16.6. The molecule has 3 aromatic rings. The number of nitrogens with one attached hydrogen (secondary N) is 2. The summed E-state index contributed by atoms with van der Waals surface area (Å²) >= 11 is 1.28. The molecule has 4 rings (SSSR count). The van der Waals surface area contributed by atoms with Crippen LogP contribution in [0.4, 0.5) is 4.79 Å². The van der Waals surface area contributed by atoms with E-state index in [0.717, 1.165) is 22.3 Å². The normalized spacial score (nSPS) is 13.9. The SMILES string of the molecule is CCC(CNC(=O)OCC1c2ccccc2-c2ccccc21)CC(=O)NC(C(=O)O)c1cccs1. The maximum atomic E-state index is 12.5. The van der Waals surface area contributed by atoms with Crippen LogP contribution < -0.4 is 10.6 Å². The first-order chi connectivity index (χ1) is 17.0. The number of hydrogen-bond acceptors (Lipinski definition) is 5. The summed E-state index contributed by atoms with van der Waals surface area (Å²) < 4.78 is 5.56. The van der Waals surface area contributed by atoms with Crippen LogP contribution in [0.25, 0.3) is 11.1 Å². The molecule has 0 aliphatic heterocycles. The Morgan fingerprint density at radius 2 is 1.66 bits per heavy atom. The molecule has 0 radical (unpaired) electrons. The van der Waals surface area contributed by atoms with E-state index in [9.17, 15) is 19.5 Å². The average molecular weight is 493 g/mol. The first kappa shape index (κ1) is 24.5. The van der Waals surface area contributed by atoms with Gasteiger partial charge in [0.25, 0.3) is 0 Å². The fourth-order valence-electron chi connectivity index (χ4n) is 4.43. The van der Waals surface area contributed by atoms with Crippen LogP contribution in [0.2, 0.25) is 0 Å². The summed E-state index contributed by atoms with van der Waals surface area (Å²) in [6, 6.07) is 18.6. The minimum absolute atomic E-state index is 0.0221. The van der Waals surface area contributed by atoms with Crippen molar-refractivity contribution in [2.24, 2.45) is 5.92 Å². The monoisotopic (exact) mass is 492 g/mol. The third kappa shape index (κ3) is 5.71. The van der Waals surface area contributed by atoms with Gasteiger partial charge in [-0.15, -0.1) is 11.3 Å². The van der Waals surface area contributed by atoms with Gasteiger partial charge in [-0.25, -0.2) is 9.59 Å². The van der Waals surface area contributed by atoms with Crippen molar-refractivity contribution in [1.82, 2.24) is 10.6 Å². The first-order valence-corrected chi connectivity index (χ1v) is 12.5.